The third kappa shape index (κ3) is 4.15. The molecule has 0 aliphatic rings. The van der Waals surface area contributed by atoms with Crippen molar-refractivity contribution in [3.8, 4) is 5.75 Å². The molecule has 0 amide bonds. The summed E-state index contributed by atoms with van der Waals surface area (Å²) < 4.78 is 37.3. The predicted octanol–water partition coefficient (Wildman–Crippen LogP) is 2.72. The Labute approximate surface area is 144 Å². The van der Waals surface area contributed by atoms with Gasteiger partial charge in [-0.05, 0) is 31.2 Å². The van der Waals surface area contributed by atoms with Crippen LogP contribution in [0.3, 0.4) is 0 Å². The molecule has 1 heterocycles. The standard InChI is InChI=1S/C15H15ClN2O5S/c1-3-23-15(19)10-6-12(9-17-8-10)18-24(20,21)14-7-11(16)4-5-13(14)22-2/h4-9,18H,3H2,1-2H3. The van der Waals surface area contributed by atoms with E-state index >= 15 is 0 Å². The number of ether oxygens (including phenoxy) is 2. The van der Waals surface area contributed by atoms with Crippen LogP contribution >= 0.6 is 11.6 Å². The zero-order chi connectivity index (χ0) is 17.7. The lowest BCUT2D eigenvalue weighted by Gasteiger charge is -2.12. The molecule has 0 spiro atoms. The Balaban J connectivity index is 2.35. The summed E-state index contributed by atoms with van der Waals surface area (Å²) >= 11 is 5.86. The largest absolute Gasteiger partial charge is 0.495 e. The zero-order valence-corrected chi connectivity index (χ0v) is 14.5. The van der Waals surface area contributed by atoms with E-state index in [1.165, 1.54) is 43.8 Å². The molecule has 2 rings (SSSR count). The van der Waals surface area contributed by atoms with Crippen LogP contribution in [0.1, 0.15) is 17.3 Å². The van der Waals surface area contributed by atoms with Gasteiger partial charge in [0.2, 0.25) is 0 Å². The highest BCUT2D eigenvalue weighted by Gasteiger charge is 2.21. The minimum Gasteiger partial charge on any atom is -0.495 e. The van der Waals surface area contributed by atoms with Crippen LogP contribution in [-0.2, 0) is 14.8 Å². The van der Waals surface area contributed by atoms with Gasteiger partial charge >= 0.3 is 5.97 Å². The molecule has 0 saturated carbocycles. The second kappa shape index (κ2) is 7.50. The van der Waals surface area contributed by atoms with E-state index in [4.69, 9.17) is 21.1 Å². The summed E-state index contributed by atoms with van der Waals surface area (Å²) in [6.45, 7) is 1.87. The molecule has 0 aliphatic carbocycles. The van der Waals surface area contributed by atoms with E-state index in [9.17, 15) is 13.2 Å². The maximum atomic E-state index is 12.5. The molecule has 0 fully saturated rings. The number of benzene rings is 1. The number of halogens is 1. The molecule has 0 unspecified atom stereocenters. The van der Waals surface area contributed by atoms with Crippen LogP contribution in [0.15, 0.2) is 41.6 Å². The lowest BCUT2D eigenvalue weighted by molar-refractivity contribution is 0.0526. The fourth-order valence-corrected chi connectivity index (χ4v) is 3.36. The van der Waals surface area contributed by atoms with Crippen LogP contribution in [0, 0.1) is 0 Å². The van der Waals surface area contributed by atoms with Crippen molar-refractivity contribution < 1.29 is 22.7 Å². The van der Waals surface area contributed by atoms with Gasteiger partial charge in [0, 0.05) is 11.2 Å². The summed E-state index contributed by atoms with van der Waals surface area (Å²) in [5.74, 6) is -0.451. The minimum absolute atomic E-state index is 0.114. The fourth-order valence-electron chi connectivity index (χ4n) is 1.89. The Hall–Kier alpha value is -2.32. The molecule has 0 bridgehead atoms. The van der Waals surface area contributed by atoms with Gasteiger partial charge < -0.3 is 9.47 Å². The second-order valence-electron chi connectivity index (χ2n) is 4.58. The third-order valence-electron chi connectivity index (χ3n) is 2.92. The molecule has 0 atom stereocenters. The summed E-state index contributed by atoms with van der Waals surface area (Å²) in [7, 11) is -2.63. The van der Waals surface area contributed by atoms with Crippen LogP contribution in [0.5, 0.6) is 5.75 Å². The minimum atomic E-state index is -3.98. The van der Waals surface area contributed by atoms with Crippen molar-refractivity contribution in [2.45, 2.75) is 11.8 Å². The van der Waals surface area contributed by atoms with Crippen LogP contribution in [0.25, 0.3) is 0 Å². The second-order valence-corrected chi connectivity index (χ2v) is 6.67. The average Bonchev–Trinajstić information content (AvgIpc) is 2.55. The highest BCUT2D eigenvalue weighted by molar-refractivity contribution is 7.92. The molecule has 0 radical (unpaired) electrons. The highest BCUT2D eigenvalue weighted by atomic mass is 35.5. The Kier molecular flexibility index (Phi) is 5.63. The van der Waals surface area contributed by atoms with E-state index in [1.807, 2.05) is 0 Å². The number of sulfonamides is 1. The number of esters is 1. The number of aromatic nitrogens is 1. The summed E-state index contributed by atoms with van der Waals surface area (Å²) in [5.41, 5.74) is 0.248. The van der Waals surface area contributed by atoms with Gasteiger partial charge in [0.05, 0.1) is 31.2 Å². The zero-order valence-electron chi connectivity index (χ0n) is 12.9. The number of rotatable bonds is 6. The summed E-state index contributed by atoms with van der Waals surface area (Å²) in [6.07, 6.45) is 2.56. The summed E-state index contributed by atoms with van der Waals surface area (Å²) in [6, 6.07) is 5.57. The van der Waals surface area contributed by atoms with Crippen molar-refractivity contribution in [3.05, 3.63) is 47.2 Å². The lowest BCUT2D eigenvalue weighted by atomic mass is 10.3. The van der Waals surface area contributed by atoms with Gasteiger partial charge in [0.15, 0.2) is 0 Å². The van der Waals surface area contributed by atoms with Crippen molar-refractivity contribution in [3.63, 3.8) is 0 Å². The molecule has 128 valence electrons. The van der Waals surface area contributed by atoms with Gasteiger partial charge in [0.1, 0.15) is 10.6 Å². The molecule has 9 heteroatoms. The number of pyridine rings is 1. The van der Waals surface area contributed by atoms with E-state index in [0.29, 0.717) is 0 Å². The first-order chi connectivity index (χ1) is 11.4. The van der Waals surface area contributed by atoms with Crippen molar-refractivity contribution in [2.75, 3.05) is 18.4 Å². The number of nitrogens with one attached hydrogen (secondary N) is 1. The van der Waals surface area contributed by atoms with Gasteiger partial charge in [-0.25, -0.2) is 13.2 Å². The smallest absolute Gasteiger partial charge is 0.339 e. The molecule has 0 aliphatic heterocycles. The normalized spacial score (nSPS) is 11.0. The first-order valence-electron chi connectivity index (χ1n) is 6.86. The number of hydrogen-bond donors (Lipinski definition) is 1. The van der Waals surface area contributed by atoms with Gasteiger partial charge in [-0.1, -0.05) is 11.6 Å². The number of nitrogens with zero attached hydrogens (tertiary/aromatic N) is 1. The van der Waals surface area contributed by atoms with E-state index in [2.05, 4.69) is 9.71 Å². The maximum absolute atomic E-state index is 12.5. The number of anilines is 1. The molecule has 7 nitrogen and oxygen atoms in total. The molecular weight excluding hydrogens is 356 g/mol. The fraction of sp³-hybridized carbons (Fsp3) is 0.200. The van der Waals surface area contributed by atoms with E-state index in [-0.39, 0.29) is 33.5 Å². The van der Waals surface area contributed by atoms with Crippen molar-refractivity contribution in [1.82, 2.24) is 4.98 Å². The third-order valence-corrected chi connectivity index (χ3v) is 4.55. The van der Waals surface area contributed by atoms with Gasteiger partial charge in [0.25, 0.3) is 10.0 Å². The van der Waals surface area contributed by atoms with Gasteiger partial charge in [-0.3, -0.25) is 9.71 Å². The van der Waals surface area contributed by atoms with Crippen LogP contribution in [0.2, 0.25) is 5.02 Å². The summed E-state index contributed by atoms with van der Waals surface area (Å²) in [5, 5.41) is 0.245. The molecule has 1 aromatic carbocycles. The van der Waals surface area contributed by atoms with E-state index in [1.54, 1.807) is 6.92 Å². The predicted molar refractivity (Wildman–Crippen MR) is 89.0 cm³/mol. The number of methoxy groups -OCH3 is 1. The Bertz CT molecular complexity index is 855. The summed E-state index contributed by atoms with van der Waals surface area (Å²) in [4.78, 5) is 15.4. The van der Waals surface area contributed by atoms with Crippen LogP contribution < -0.4 is 9.46 Å². The molecule has 1 aromatic heterocycles. The highest BCUT2D eigenvalue weighted by Crippen LogP contribution is 2.28. The molecule has 2 aromatic rings. The number of carbonyl (C=O) groups is 1. The lowest BCUT2D eigenvalue weighted by Crippen LogP contribution is -2.15. The topological polar surface area (TPSA) is 94.6 Å². The first-order valence-corrected chi connectivity index (χ1v) is 8.72. The Morgan fingerprint density at radius 2 is 2.04 bits per heavy atom. The number of carbonyl (C=O) groups excluding carboxylic acids is 1. The maximum Gasteiger partial charge on any atom is 0.339 e. The van der Waals surface area contributed by atoms with Crippen LogP contribution in [-0.4, -0.2) is 33.1 Å². The van der Waals surface area contributed by atoms with Crippen molar-refractivity contribution in [1.29, 1.82) is 0 Å². The molecule has 24 heavy (non-hydrogen) atoms. The van der Waals surface area contributed by atoms with Crippen molar-refractivity contribution in [2.24, 2.45) is 0 Å². The Morgan fingerprint density at radius 1 is 1.29 bits per heavy atom. The van der Waals surface area contributed by atoms with Crippen molar-refractivity contribution >= 4 is 33.3 Å². The number of hydrogen-bond acceptors (Lipinski definition) is 6. The van der Waals surface area contributed by atoms with Gasteiger partial charge in [-0.2, -0.15) is 0 Å². The monoisotopic (exact) mass is 370 g/mol. The quantitative estimate of drug-likeness (QED) is 0.785. The van der Waals surface area contributed by atoms with E-state index < -0.39 is 16.0 Å². The Morgan fingerprint density at radius 3 is 2.71 bits per heavy atom. The average molecular weight is 371 g/mol. The SMILES string of the molecule is CCOC(=O)c1cncc(NS(=O)(=O)c2cc(Cl)ccc2OC)c1. The molecular formula is C15H15ClN2O5S. The van der Waals surface area contributed by atoms with Gasteiger partial charge in [-0.15, -0.1) is 0 Å². The van der Waals surface area contributed by atoms with Crippen LogP contribution in [0.4, 0.5) is 5.69 Å². The molecule has 0 saturated heterocycles. The van der Waals surface area contributed by atoms with E-state index in [0.717, 1.165) is 0 Å². The first kappa shape index (κ1) is 18.0. The molecule has 1 N–H and O–H groups in total.